The first-order valence-electron chi connectivity index (χ1n) is 1.83. The molecular formula is C3H8N4. The van der Waals surface area contributed by atoms with E-state index >= 15 is 0 Å². The van der Waals surface area contributed by atoms with Gasteiger partial charge in [0, 0.05) is 7.05 Å². The molecule has 0 atom stereocenters. The van der Waals surface area contributed by atoms with Gasteiger partial charge in [-0.15, -0.1) is 0 Å². The lowest BCUT2D eigenvalue weighted by Gasteiger charge is -1.77. The Bertz CT molecular complexity index is 75.0. The number of hydrogen-bond acceptors (Lipinski definition) is 4. The molecule has 0 heterocycles. The summed E-state index contributed by atoms with van der Waals surface area (Å²) in [4.78, 5) is 0. The van der Waals surface area contributed by atoms with Gasteiger partial charge in [-0.1, -0.05) is 0 Å². The van der Waals surface area contributed by atoms with Crippen LogP contribution in [0.15, 0.2) is 10.2 Å². The smallest absolute Gasteiger partial charge is 0.0668 e. The van der Waals surface area contributed by atoms with Crippen molar-refractivity contribution in [2.45, 2.75) is 0 Å². The van der Waals surface area contributed by atoms with E-state index in [0.717, 1.165) is 0 Å². The molecule has 0 aliphatic heterocycles. The molecule has 0 aliphatic rings. The average molecular weight is 100 g/mol. The summed E-state index contributed by atoms with van der Waals surface area (Å²) in [6.07, 6.45) is 2.84. The molecule has 0 saturated heterocycles. The van der Waals surface area contributed by atoms with Gasteiger partial charge >= 0.3 is 0 Å². The molecule has 0 amide bonds. The Kier molecular flexibility index (Phi) is 4.19. The van der Waals surface area contributed by atoms with Crippen LogP contribution in [0.3, 0.4) is 0 Å². The zero-order chi connectivity index (χ0) is 5.54. The summed E-state index contributed by atoms with van der Waals surface area (Å²) in [7, 11) is 1.70. The van der Waals surface area contributed by atoms with Crippen molar-refractivity contribution < 1.29 is 0 Å². The third-order valence-electron chi connectivity index (χ3n) is 0.356. The van der Waals surface area contributed by atoms with Crippen LogP contribution in [-0.2, 0) is 0 Å². The molecule has 3 N–H and O–H groups in total. The van der Waals surface area contributed by atoms with Gasteiger partial charge in [-0.25, -0.2) is 0 Å². The number of nitrogens with zero attached hydrogens (tertiary/aromatic N) is 2. The molecular weight excluding hydrogens is 92.1 g/mol. The minimum Gasteiger partial charge on any atom is -0.323 e. The number of hydrogen-bond donors (Lipinski definition) is 2. The van der Waals surface area contributed by atoms with Crippen molar-refractivity contribution in [3.8, 4) is 0 Å². The van der Waals surface area contributed by atoms with Gasteiger partial charge < -0.3 is 11.3 Å². The zero-order valence-electron chi connectivity index (χ0n) is 4.13. The van der Waals surface area contributed by atoms with E-state index in [4.69, 9.17) is 5.84 Å². The van der Waals surface area contributed by atoms with Gasteiger partial charge in [0.05, 0.1) is 12.4 Å². The molecule has 0 spiro atoms. The topological polar surface area (TPSA) is 62.8 Å². The van der Waals surface area contributed by atoms with Crippen LogP contribution in [0.25, 0.3) is 0 Å². The van der Waals surface area contributed by atoms with Crippen molar-refractivity contribution in [3.05, 3.63) is 0 Å². The number of hydrazone groups is 2. The Balaban J connectivity index is 3.09. The molecule has 0 bridgehead atoms. The second-order valence-corrected chi connectivity index (χ2v) is 0.800. The van der Waals surface area contributed by atoms with Crippen molar-refractivity contribution >= 4 is 12.4 Å². The molecule has 0 aromatic rings. The van der Waals surface area contributed by atoms with E-state index < -0.39 is 0 Å². The minimum atomic E-state index is 1.39. The predicted molar refractivity (Wildman–Crippen MR) is 30.2 cm³/mol. The van der Waals surface area contributed by atoms with Gasteiger partial charge in [0.2, 0.25) is 0 Å². The molecule has 7 heavy (non-hydrogen) atoms. The highest BCUT2D eigenvalue weighted by Gasteiger charge is 1.55. The van der Waals surface area contributed by atoms with Gasteiger partial charge in [0.15, 0.2) is 0 Å². The number of nitrogens with one attached hydrogen (secondary N) is 1. The van der Waals surface area contributed by atoms with E-state index in [0.29, 0.717) is 0 Å². The Hall–Kier alpha value is -1.06. The molecule has 0 fully saturated rings. The van der Waals surface area contributed by atoms with Gasteiger partial charge in [-0.05, 0) is 0 Å². The van der Waals surface area contributed by atoms with Gasteiger partial charge in [0.25, 0.3) is 0 Å². The summed E-state index contributed by atoms with van der Waals surface area (Å²) in [5.41, 5.74) is 2.53. The van der Waals surface area contributed by atoms with Gasteiger partial charge in [-0.3, -0.25) is 0 Å². The minimum absolute atomic E-state index is 1.39. The van der Waals surface area contributed by atoms with Crippen LogP contribution in [-0.4, -0.2) is 19.5 Å². The monoisotopic (exact) mass is 100 g/mol. The molecule has 0 aliphatic carbocycles. The van der Waals surface area contributed by atoms with Crippen LogP contribution >= 0.6 is 0 Å². The highest BCUT2D eigenvalue weighted by molar-refractivity contribution is 6.15. The Morgan fingerprint density at radius 1 is 1.57 bits per heavy atom. The summed E-state index contributed by atoms with van der Waals surface area (Å²) in [6.45, 7) is 0. The number of nitrogens with two attached hydrogens (primary N) is 1. The first kappa shape index (κ1) is 5.94. The lowest BCUT2D eigenvalue weighted by molar-refractivity contribution is 0.910. The third-order valence-corrected chi connectivity index (χ3v) is 0.356. The Morgan fingerprint density at radius 3 is 2.71 bits per heavy atom. The molecule has 0 unspecified atom stereocenters. The van der Waals surface area contributed by atoms with E-state index in [2.05, 4.69) is 15.6 Å². The molecule has 40 valence electrons. The van der Waals surface area contributed by atoms with Gasteiger partial charge in [-0.2, -0.15) is 10.2 Å². The molecule has 0 rings (SSSR count). The molecule has 0 radical (unpaired) electrons. The fourth-order valence-corrected chi connectivity index (χ4v) is 0.146. The maximum atomic E-state index is 4.72. The second-order valence-electron chi connectivity index (χ2n) is 0.800. The van der Waals surface area contributed by atoms with E-state index in [1.54, 1.807) is 7.05 Å². The SMILES string of the molecule is CNN=CC=NN. The number of rotatable bonds is 2. The quantitative estimate of drug-likeness (QED) is 0.269. The first-order valence-corrected chi connectivity index (χ1v) is 1.83. The normalized spacial score (nSPS) is 11.0. The fraction of sp³-hybridized carbons (Fsp3) is 0.333. The third kappa shape index (κ3) is 4.94. The van der Waals surface area contributed by atoms with Crippen LogP contribution in [0.1, 0.15) is 0 Å². The second kappa shape index (κ2) is 4.94. The Morgan fingerprint density at radius 2 is 2.29 bits per heavy atom. The Labute approximate surface area is 42.1 Å². The average Bonchev–Trinajstić information content (AvgIpc) is 1.69. The fourth-order valence-electron chi connectivity index (χ4n) is 0.146. The van der Waals surface area contributed by atoms with Crippen molar-refractivity contribution in [1.29, 1.82) is 0 Å². The van der Waals surface area contributed by atoms with Crippen LogP contribution in [0, 0.1) is 0 Å². The van der Waals surface area contributed by atoms with Crippen LogP contribution < -0.4 is 11.3 Å². The zero-order valence-corrected chi connectivity index (χ0v) is 4.13. The van der Waals surface area contributed by atoms with E-state index in [9.17, 15) is 0 Å². The molecule has 4 nitrogen and oxygen atoms in total. The van der Waals surface area contributed by atoms with Crippen molar-refractivity contribution in [1.82, 2.24) is 5.43 Å². The molecule has 0 saturated carbocycles. The van der Waals surface area contributed by atoms with Crippen LogP contribution in [0.2, 0.25) is 0 Å². The standard InChI is InChI=1S/C3H8N4/c1-5-7-3-2-6-4/h2-3,5H,4H2,1H3. The van der Waals surface area contributed by atoms with Crippen molar-refractivity contribution in [3.63, 3.8) is 0 Å². The van der Waals surface area contributed by atoms with E-state index in [1.165, 1.54) is 12.4 Å². The molecule has 0 aromatic carbocycles. The van der Waals surface area contributed by atoms with Gasteiger partial charge in [0.1, 0.15) is 0 Å². The highest BCUT2D eigenvalue weighted by atomic mass is 15.3. The maximum Gasteiger partial charge on any atom is 0.0668 e. The van der Waals surface area contributed by atoms with Crippen LogP contribution in [0.5, 0.6) is 0 Å². The molecule has 0 aromatic heterocycles. The molecule has 4 heteroatoms. The first-order chi connectivity index (χ1) is 3.41. The van der Waals surface area contributed by atoms with Crippen LogP contribution in [0.4, 0.5) is 0 Å². The predicted octanol–water partition coefficient (Wildman–Crippen LogP) is -0.864. The van der Waals surface area contributed by atoms with E-state index in [1.807, 2.05) is 0 Å². The summed E-state index contributed by atoms with van der Waals surface area (Å²) in [5.74, 6) is 4.72. The van der Waals surface area contributed by atoms with E-state index in [-0.39, 0.29) is 0 Å². The summed E-state index contributed by atoms with van der Waals surface area (Å²) in [5, 5.41) is 6.72. The lowest BCUT2D eigenvalue weighted by Crippen LogP contribution is -1.94. The largest absolute Gasteiger partial charge is 0.323 e. The summed E-state index contributed by atoms with van der Waals surface area (Å²) < 4.78 is 0. The van der Waals surface area contributed by atoms with Crippen molar-refractivity contribution in [2.75, 3.05) is 7.05 Å². The maximum absolute atomic E-state index is 4.72. The summed E-state index contributed by atoms with van der Waals surface area (Å²) in [6, 6.07) is 0. The summed E-state index contributed by atoms with van der Waals surface area (Å²) >= 11 is 0. The lowest BCUT2D eigenvalue weighted by atomic mass is 10.8. The van der Waals surface area contributed by atoms with Crippen molar-refractivity contribution in [2.24, 2.45) is 16.0 Å². The highest BCUT2D eigenvalue weighted by Crippen LogP contribution is 1.44.